The predicted molar refractivity (Wildman–Crippen MR) is 96.4 cm³/mol. The van der Waals surface area contributed by atoms with Crippen LogP contribution in [0, 0.1) is 0 Å². The van der Waals surface area contributed by atoms with E-state index in [1.165, 1.54) is 6.08 Å². The standard InChI is InChI=1S/C19H12BrNO3/c20-14-6-3-4-12(10-14)11-15(18(22)19(23)24)17-9-8-13-5-1-2-7-16(13)21-17/h1-11H,(H,23,24)/b15-11+. The fourth-order valence-corrected chi connectivity index (χ4v) is 2.77. The maximum atomic E-state index is 12.1. The van der Waals surface area contributed by atoms with Gasteiger partial charge in [-0.05, 0) is 35.9 Å². The number of carbonyl (C=O) groups is 2. The van der Waals surface area contributed by atoms with Crippen molar-refractivity contribution in [3.63, 3.8) is 0 Å². The number of Topliss-reactive ketones (excluding diaryl/α,β-unsaturated/α-hetero) is 1. The number of hydrogen-bond acceptors (Lipinski definition) is 3. The van der Waals surface area contributed by atoms with Crippen LogP contribution in [0.2, 0.25) is 0 Å². The number of aliphatic carboxylic acids is 1. The Labute approximate surface area is 146 Å². The van der Waals surface area contributed by atoms with Crippen LogP contribution in [0.15, 0.2) is 65.1 Å². The van der Waals surface area contributed by atoms with Gasteiger partial charge in [-0.3, -0.25) is 4.79 Å². The van der Waals surface area contributed by atoms with Gasteiger partial charge in [-0.1, -0.05) is 52.3 Å². The number of carboxylic acid groups (broad SMARTS) is 1. The Balaban J connectivity index is 2.16. The van der Waals surface area contributed by atoms with E-state index in [0.717, 1.165) is 9.86 Å². The molecule has 1 aromatic heterocycles. The van der Waals surface area contributed by atoms with E-state index in [9.17, 15) is 9.59 Å². The normalized spacial score (nSPS) is 11.5. The lowest BCUT2D eigenvalue weighted by atomic mass is 10.0. The molecule has 5 heteroatoms. The van der Waals surface area contributed by atoms with Crippen molar-refractivity contribution >= 4 is 50.2 Å². The molecule has 0 radical (unpaired) electrons. The second-order valence-electron chi connectivity index (χ2n) is 5.14. The average Bonchev–Trinajstić information content (AvgIpc) is 2.58. The maximum absolute atomic E-state index is 12.1. The van der Waals surface area contributed by atoms with Gasteiger partial charge in [0, 0.05) is 9.86 Å². The molecule has 0 aliphatic carbocycles. The van der Waals surface area contributed by atoms with Gasteiger partial charge in [0.05, 0.1) is 16.8 Å². The number of ketones is 1. The highest BCUT2D eigenvalue weighted by molar-refractivity contribution is 9.10. The van der Waals surface area contributed by atoms with Crippen LogP contribution >= 0.6 is 15.9 Å². The lowest BCUT2D eigenvalue weighted by Crippen LogP contribution is -2.15. The molecule has 0 atom stereocenters. The number of pyridine rings is 1. The fourth-order valence-electron chi connectivity index (χ4n) is 2.35. The van der Waals surface area contributed by atoms with E-state index in [0.29, 0.717) is 16.8 Å². The summed E-state index contributed by atoms with van der Waals surface area (Å²) in [6.45, 7) is 0. The Morgan fingerprint density at radius 3 is 2.54 bits per heavy atom. The van der Waals surface area contributed by atoms with E-state index < -0.39 is 11.8 Å². The summed E-state index contributed by atoms with van der Waals surface area (Å²) in [5.74, 6) is -2.50. The van der Waals surface area contributed by atoms with Crippen LogP contribution in [0.25, 0.3) is 22.6 Å². The molecule has 0 amide bonds. The van der Waals surface area contributed by atoms with Gasteiger partial charge in [-0.2, -0.15) is 0 Å². The quantitative estimate of drug-likeness (QED) is 0.543. The molecule has 0 fully saturated rings. The molecule has 0 saturated carbocycles. The maximum Gasteiger partial charge on any atom is 0.377 e. The minimum Gasteiger partial charge on any atom is -0.475 e. The summed E-state index contributed by atoms with van der Waals surface area (Å²) in [6.07, 6.45) is 1.54. The smallest absolute Gasteiger partial charge is 0.377 e. The number of carboxylic acids is 1. The summed E-state index contributed by atoms with van der Waals surface area (Å²) in [5, 5.41) is 10.1. The molecule has 1 N–H and O–H groups in total. The summed E-state index contributed by atoms with van der Waals surface area (Å²) in [6, 6.07) is 18.2. The van der Waals surface area contributed by atoms with Crippen molar-refractivity contribution in [2.75, 3.05) is 0 Å². The largest absolute Gasteiger partial charge is 0.475 e. The lowest BCUT2D eigenvalue weighted by molar-refractivity contribution is -0.146. The van der Waals surface area contributed by atoms with Crippen molar-refractivity contribution in [1.82, 2.24) is 4.98 Å². The molecule has 3 aromatic rings. The first kappa shape index (κ1) is 16.1. The zero-order valence-corrected chi connectivity index (χ0v) is 14.0. The Morgan fingerprint density at radius 1 is 1.00 bits per heavy atom. The van der Waals surface area contributed by atoms with Gasteiger partial charge in [0.2, 0.25) is 0 Å². The number of nitrogens with zero attached hydrogens (tertiary/aromatic N) is 1. The van der Waals surface area contributed by atoms with Crippen LogP contribution < -0.4 is 0 Å². The molecule has 118 valence electrons. The molecular formula is C19H12BrNO3. The molecular weight excluding hydrogens is 370 g/mol. The van der Waals surface area contributed by atoms with Gasteiger partial charge in [0.1, 0.15) is 0 Å². The third kappa shape index (κ3) is 3.41. The number of hydrogen-bond donors (Lipinski definition) is 1. The van der Waals surface area contributed by atoms with E-state index in [4.69, 9.17) is 5.11 Å². The Bertz CT molecular complexity index is 979. The van der Waals surface area contributed by atoms with Gasteiger partial charge in [0.25, 0.3) is 5.78 Å². The fraction of sp³-hybridized carbons (Fsp3) is 0. The molecule has 0 unspecified atom stereocenters. The summed E-state index contributed by atoms with van der Waals surface area (Å²) in [7, 11) is 0. The topological polar surface area (TPSA) is 67.3 Å². The van der Waals surface area contributed by atoms with Gasteiger partial charge < -0.3 is 5.11 Å². The summed E-state index contributed by atoms with van der Waals surface area (Å²) in [4.78, 5) is 27.8. The second-order valence-corrected chi connectivity index (χ2v) is 6.05. The summed E-state index contributed by atoms with van der Waals surface area (Å²) < 4.78 is 0.838. The van der Waals surface area contributed by atoms with Gasteiger partial charge >= 0.3 is 5.97 Å². The van der Waals surface area contributed by atoms with Crippen molar-refractivity contribution in [3.8, 4) is 0 Å². The number of rotatable bonds is 4. The lowest BCUT2D eigenvalue weighted by Gasteiger charge is -2.06. The Kier molecular flexibility index (Phi) is 4.53. The molecule has 3 rings (SSSR count). The molecule has 0 aliphatic heterocycles. The third-order valence-corrected chi connectivity index (χ3v) is 3.97. The van der Waals surface area contributed by atoms with Crippen molar-refractivity contribution < 1.29 is 14.7 Å². The molecule has 0 spiro atoms. The van der Waals surface area contributed by atoms with Crippen LogP contribution in [0.1, 0.15) is 11.3 Å². The number of aromatic nitrogens is 1. The zero-order chi connectivity index (χ0) is 17.1. The van der Waals surface area contributed by atoms with Crippen LogP contribution in [0.5, 0.6) is 0 Å². The molecule has 1 heterocycles. The number of carbonyl (C=O) groups excluding carboxylic acids is 1. The van der Waals surface area contributed by atoms with Gasteiger partial charge in [0.15, 0.2) is 0 Å². The second kappa shape index (κ2) is 6.76. The van der Waals surface area contributed by atoms with E-state index in [-0.39, 0.29) is 5.57 Å². The first-order valence-electron chi connectivity index (χ1n) is 7.15. The van der Waals surface area contributed by atoms with Crippen molar-refractivity contribution in [2.45, 2.75) is 0 Å². The van der Waals surface area contributed by atoms with Crippen molar-refractivity contribution in [2.24, 2.45) is 0 Å². The van der Waals surface area contributed by atoms with E-state index in [1.54, 1.807) is 18.2 Å². The zero-order valence-electron chi connectivity index (χ0n) is 12.4. The highest BCUT2D eigenvalue weighted by atomic mass is 79.9. The highest BCUT2D eigenvalue weighted by Crippen LogP contribution is 2.22. The van der Waals surface area contributed by atoms with E-state index in [1.807, 2.05) is 42.5 Å². The number of benzene rings is 2. The molecule has 24 heavy (non-hydrogen) atoms. The Morgan fingerprint density at radius 2 is 1.79 bits per heavy atom. The van der Waals surface area contributed by atoms with Crippen molar-refractivity contribution in [3.05, 3.63) is 76.4 Å². The molecule has 0 bridgehead atoms. The number of halogens is 1. The molecule has 0 saturated heterocycles. The van der Waals surface area contributed by atoms with Crippen LogP contribution in [-0.2, 0) is 9.59 Å². The number of para-hydroxylation sites is 1. The van der Waals surface area contributed by atoms with Crippen molar-refractivity contribution in [1.29, 1.82) is 0 Å². The minimum atomic E-state index is -1.51. The summed E-state index contributed by atoms with van der Waals surface area (Å²) >= 11 is 3.36. The minimum absolute atomic E-state index is 0.0475. The van der Waals surface area contributed by atoms with Crippen LogP contribution in [0.3, 0.4) is 0 Å². The van der Waals surface area contributed by atoms with Gasteiger partial charge in [-0.25, -0.2) is 9.78 Å². The van der Waals surface area contributed by atoms with Crippen LogP contribution in [-0.4, -0.2) is 21.8 Å². The molecule has 0 aliphatic rings. The number of fused-ring (bicyclic) bond motifs is 1. The highest BCUT2D eigenvalue weighted by Gasteiger charge is 2.21. The van der Waals surface area contributed by atoms with Crippen LogP contribution in [0.4, 0.5) is 0 Å². The average molecular weight is 382 g/mol. The first-order valence-corrected chi connectivity index (χ1v) is 7.95. The van der Waals surface area contributed by atoms with E-state index >= 15 is 0 Å². The molecule has 2 aromatic carbocycles. The third-order valence-electron chi connectivity index (χ3n) is 3.47. The van der Waals surface area contributed by atoms with E-state index in [2.05, 4.69) is 20.9 Å². The monoisotopic (exact) mass is 381 g/mol. The molecule has 4 nitrogen and oxygen atoms in total. The summed E-state index contributed by atoms with van der Waals surface area (Å²) in [5.41, 5.74) is 1.80. The van der Waals surface area contributed by atoms with Gasteiger partial charge in [-0.15, -0.1) is 0 Å². The Hall–Kier alpha value is -2.79. The predicted octanol–water partition coefficient (Wildman–Crippen LogP) is 4.19. The SMILES string of the molecule is O=C(O)C(=O)/C(=C/c1cccc(Br)c1)c1ccc2ccccc2n1. The first-order chi connectivity index (χ1) is 11.5.